The highest BCUT2D eigenvalue weighted by Gasteiger charge is 2.21. The van der Waals surface area contributed by atoms with E-state index in [9.17, 15) is 14.0 Å². The number of hydrogen-bond acceptors (Lipinski definition) is 3. The molecule has 0 spiro atoms. The fourth-order valence-electron chi connectivity index (χ4n) is 3.74. The van der Waals surface area contributed by atoms with Gasteiger partial charge in [0.15, 0.2) is 0 Å². The molecular formula is C26H25FN4O2. The number of rotatable bonds is 6. The van der Waals surface area contributed by atoms with Crippen molar-refractivity contribution in [1.82, 2.24) is 14.7 Å². The smallest absolute Gasteiger partial charge is 0.227 e. The van der Waals surface area contributed by atoms with E-state index in [0.717, 1.165) is 16.7 Å². The number of hydrogen-bond donors (Lipinski definition) is 2. The molecule has 2 aromatic heterocycles. The Morgan fingerprint density at radius 1 is 1.00 bits per heavy atom. The van der Waals surface area contributed by atoms with Gasteiger partial charge in [-0.1, -0.05) is 29.8 Å². The molecule has 0 saturated heterocycles. The maximum Gasteiger partial charge on any atom is 0.227 e. The van der Waals surface area contributed by atoms with Crippen LogP contribution in [0.2, 0.25) is 0 Å². The molecule has 0 bridgehead atoms. The fraction of sp³-hybridized carbons (Fsp3) is 0.192. The van der Waals surface area contributed by atoms with Gasteiger partial charge in [-0.3, -0.25) is 14.0 Å². The molecule has 33 heavy (non-hydrogen) atoms. The minimum Gasteiger partial charge on any atom is -0.349 e. The zero-order valence-corrected chi connectivity index (χ0v) is 18.7. The van der Waals surface area contributed by atoms with Gasteiger partial charge < -0.3 is 10.6 Å². The first-order valence-corrected chi connectivity index (χ1v) is 10.7. The number of carbonyl (C=O) groups is 2. The van der Waals surface area contributed by atoms with Crippen molar-refractivity contribution in [2.45, 2.75) is 33.2 Å². The van der Waals surface area contributed by atoms with Crippen LogP contribution in [-0.2, 0) is 9.59 Å². The second-order valence-electron chi connectivity index (χ2n) is 8.16. The first kappa shape index (κ1) is 22.2. The molecule has 4 aromatic rings. The molecule has 0 aliphatic rings. The molecule has 0 aliphatic carbocycles. The maximum absolute atomic E-state index is 13.5. The van der Waals surface area contributed by atoms with Crippen molar-refractivity contribution in [3.05, 3.63) is 89.4 Å². The fourth-order valence-corrected chi connectivity index (χ4v) is 3.74. The number of imidazole rings is 1. The number of nitrogens with zero attached hydrogens (tertiary/aromatic N) is 2. The van der Waals surface area contributed by atoms with Gasteiger partial charge in [-0.25, -0.2) is 9.37 Å². The number of carbonyl (C=O) groups excluding carboxylic acids is 2. The molecule has 0 unspecified atom stereocenters. The van der Waals surface area contributed by atoms with E-state index in [2.05, 4.69) is 15.6 Å². The third kappa shape index (κ3) is 5.09. The van der Waals surface area contributed by atoms with Crippen molar-refractivity contribution in [3.8, 4) is 11.3 Å². The predicted octanol–water partition coefficient (Wildman–Crippen LogP) is 4.96. The lowest BCUT2D eigenvalue weighted by molar-refractivity contribution is -0.120. The van der Waals surface area contributed by atoms with E-state index < -0.39 is 6.04 Å². The number of benzene rings is 2. The number of amides is 2. The van der Waals surface area contributed by atoms with Gasteiger partial charge in [0.05, 0.1) is 12.5 Å². The first-order valence-electron chi connectivity index (χ1n) is 10.7. The van der Waals surface area contributed by atoms with Crippen LogP contribution in [0.1, 0.15) is 36.1 Å². The Kier molecular flexibility index (Phi) is 6.22. The van der Waals surface area contributed by atoms with Crippen LogP contribution in [0.5, 0.6) is 0 Å². The lowest BCUT2D eigenvalue weighted by atomic mass is 10.0. The summed E-state index contributed by atoms with van der Waals surface area (Å²) < 4.78 is 15.3. The highest BCUT2D eigenvalue weighted by Crippen LogP contribution is 2.30. The Morgan fingerprint density at radius 3 is 2.36 bits per heavy atom. The van der Waals surface area contributed by atoms with Crippen molar-refractivity contribution in [2.24, 2.45) is 0 Å². The Morgan fingerprint density at radius 2 is 1.70 bits per heavy atom. The Balaban J connectivity index is 1.67. The molecular weight excluding hydrogens is 419 g/mol. The lowest BCUT2D eigenvalue weighted by Crippen LogP contribution is -2.30. The summed E-state index contributed by atoms with van der Waals surface area (Å²) in [5, 5.41) is 5.83. The monoisotopic (exact) mass is 444 g/mol. The zero-order valence-electron chi connectivity index (χ0n) is 18.7. The van der Waals surface area contributed by atoms with E-state index in [1.807, 2.05) is 56.4 Å². The second kappa shape index (κ2) is 9.24. The summed E-state index contributed by atoms with van der Waals surface area (Å²) in [6.07, 6.45) is 1.89. The number of aryl methyl sites for hydroxylation is 2. The van der Waals surface area contributed by atoms with Gasteiger partial charge in [0.25, 0.3) is 0 Å². The van der Waals surface area contributed by atoms with Gasteiger partial charge in [0.2, 0.25) is 11.8 Å². The van der Waals surface area contributed by atoms with E-state index in [1.54, 1.807) is 16.5 Å². The highest BCUT2D eigenvalue weighted by molar-refractivity contribution is 5.95. The number of nitrogens with one attached hydrogen (secondary N) is 2. The molecule has 0 radical (unpaired) electrons. The Bertz CT molecular complexity index is 1310. The highest BCUT2D eigenvalue weighted by atomic mass is 19.1. The van der Waals surface area contributed by atoms with E-state index in [1.165, 1.54) is 19.1 Å². The number of halogens is 1. The normalized spacial score (nSPS) is 11.9. The summed E-state index contributed by atoms with van der Waals surface area (Å²) in [5.74, 6) is -0.349. The van der Waals surface area contributed by atoms with Gasteiger partial charge in [-0.2, -0.15) is 0 Å². The van der Waals surface area contributed by atoms with Crippen LogP contribution in [0.4, 0.5) is 10.2 Å². The molecule has 6 nitrogen and oxygen atoms in total. The summed E-state index contributed by atoms with van der Waals surface area (Å²) in [5.41, 5.74) is 4.86. The predicted molar refractivity (Wildman–Crippen MR) is 126 cm³/mol. The quantitative estimate of drug-likeness (QED) is 0.441. The molecule has 1 atom stereocenters. The number of anilines is 1. The van der Waals surface area contributed by atoms with E-state index in [0.29, 0.717) is 22.7 Å². The SMILES string of the molecule is CC(=O)N[C@@H](CC(=O)Nc1c(-c2ccc(F)cc2)nc2cc(C)ccn12)c1ccc(C)cc1. The topological polar surface area (TPSA) is 75.5 Å². The molecule has 2 N–H and O–H groups in total. The van der Waals surface area contributed by atoms with Crippen molar-refractivity contribution in [3.63, 3.8) is 0 Å². The van der Waals surface area contributed by atoms with Crippen LogP contribution in [0.25, 0.3) is 16.9 Å². The Labute approximate surface area is 191 Å². The zero-order chi connectivity index (χ0) is 23.5. The number of fused-ring (bicyclic) bond motifs is 1. The van der Waals surface area contributed by atoms with Crippen molar-refractivity contribution < 1.29 is 14.0 Å². The van der Waals surface area contributed by atoms with Gasteiger partial charge >= 0.3 is 0 Å². The van der Waals surface area contributed by atoms with Crippen LogP contribution < -0.4 is 10.6 Å². The van der Waals surface area contributed by atoms with Gasteiger partial charge in [0, 0.05) is 18.7 Å². The average molecular weight is 445 g/mol. The molecule has 7 heteroatoms. The van der Waals surface area contributed by atoms with Crippen LogP contribution >= 0.6 is 0 Å². The van der Waals surface area contributed by atoms with Crippen LogP contribution in [0.15, 0.2) is 66.9 Å². The molecule has 0 saturated carbocycles. The molecule has 2 aromatic carbocycles. The third-order valence-corrected chi connectivity index (χ3v) is 5.40. The minimum atomic E-state index is -0.473. The first-order chi connectivity index (χ1) is 15.8. The summed E-state index contributed by atoms with van der Waals surface area (Å²) in [7, 11) is 0. The van der Waals surface area contributed by atoms with Crippen LogP contribution in [-0.4, -0.2) is 21.2 Å². The molecule has 2 heterocycles. The molecule has 0 aliphatic heterocycles. The van der Waals surface area contributed by atoms with Crippen molar-refractivity contribution in [2.75, 3.05) is 5.32 Å². The molecule has 0 fully saturated rings. The summed E-state index contributed by atoms with van der Waals surface area (Å²) in [4.78, 5) is 29.6. The summed E-state index contributed by atoms with van der Waals surface area (Å²) in [6, 6.07) is 17.1. The van der Waals surface area contributed by atoms with Crippen LogP contribution in [0.3, 0.4) is 0 Å². The van der Waals surface area contributed by atoms with Gasteiger partial charge in [-0.05, 0) is 61.4 Å². The summed E-state index contributed by atoms with van der Waals surface area (Å²) >= 11 is 0. The van der Waals surface area contributed by atoms with Crippen LogP contribution in [0, 0.1) is 19.7 Å². The number of aromatic nitrogens is 2. The average Bonchev–Trinajstić information content (AvgIpc) is 3.11. The minimum absolute atomic E-state index is 0.0462. The van der Waals surface area contributed by atoms with E-state index in [4.69, 9.17) is 0 Å². The molecule has 2 amide bonds. The van der Waals surface area contributed by atoms with E-state index in [-0.39, 0.29) is 24.1 Å². The van der Waals surface area contributed by atoms with Crippen molar-refractivity contribution in [1.29, 1.82) is 0 Å². The lowest BCUT2D eigenvalue weighted by Gasteiger charge is -2.18. The van der Waals surface area contributed by atoms with Gasteiger partial charge in [-0.15, -0.1) is 0 Å². The Hall–Kier alpha value is -4.00. The molecule has 4 rings (SSSR count). The third-order valence-electron chi connectivity index (χ3n) is 5.40. The number of pyridine rings is 1. The van der Waals surface area contributed by atoms with Crippen molar-refractivity contribution >= 4 is 23.3 Å². The molecule has 168 valence electrons. The summed E-state index contributed by atoms with van der Waals surface area (Å²) in [6.45, 7) is 5.37. The standard InChI is InChI=1S/C26H25FN4O2/c1-16-4-6-19(7-5-16)22(28-18(3)32)15-24(33)30-26-25(20-8-10-21(27)11-9-20)29-23-14-17(2)12-13-31(23)26/h4-14,22H,15H2,1-3H3,(H,28,32)(H,30,33)/t22-/m0/s1. The van der Waals surface area contributed by atoms with E-state index >= 15 is 0 Å². The second-order valence-corrected chi connectivity index (χ2v) is 8.16. The van der Waals surface area contributed by atoms with Gasteiger partial charge in [0.1, 0.15) is 23.0 Å². The largest absolute Gasteiger partial charge is 0.349 e. The maximum atomic E-state index is 13.5.